The first kappa shape index (κ1) is 10.9. The first-order valence-corrected chi connectivity index (χ1v) is 5.64. The van der Waals surface area contributed by atoms with E-state index in [9.17, 15) is 5.11 Å². The van der Waals surface area contributed by atoms with Gasteiger partial charge in [-0.1, -0.05) is 38.8 Å². The molecule has 0 aliphatic heterocycles. The molecule has 0 saturated carbocycles. The van der Waals surface area contributed by atoms with Crippen LogP contribution in [0.2, 0.25) is 0 Å². The van der Waals surface area contributed by atoms with Gasteiger partial charge in [0.15, 0.2) is 0 Å². The maximum absolute atomic E-state index is 9.29. The summed E-state index contributed by atoms with van der Waals surface area (Å²) in [4.78, 5) is 0.273. The molecule has 0 amide bonds. The monoisotopic (exact) mass is 272 g/mol. The summed E-state index contributed by atoms with van der Waals surface area (Å²) < 4.78 is 0. The molecule has 0 fully saturated rings. The van der Waals surface area contributed by atoms with Gasteiger partial charge in [0.1, 0.15) is 0 Å². The van der Waals surface area contributed by atoms with Gasteiger partial charge >= 0.3 is 0 Å². The quantitative estimate of drug-likeness (QED) is 0.764. The normalized spacial score (nSPS) is 16.8. The van der Waals surface area contributed by atoms with E-state index >= 15 is 0 Å². The van der Waals surface area contributed by atoms with Gasteiger partial charge in [-0.3, -0.25) is 0 Å². The molecule has 0 heterocycles. The Labute approximate surface area is 79.5 Å². The van der Waals surface area contributed by atoms with E-state index in [-0.39, 0.29) is 10.9 Å². The molecule has 1 nitrogen and oxygen atoms in total. The van der Waals surface area contributed by atoms with Gasteiger partial charge < -0.3 is 5.11 Å². The third kappa shape index (κ3) is 4.69. The zero-order valence-electron chi connectivity index (χ0n) is 6.19. The van der Waals surface area contributed by atoms with E-state index in [1.807, 2.05) is 6.92 Å². The molecule has 0 aliphatic rings. The highest BCUT2D eigenvalue weighted by Crippen LogP contribution is 2.15. The third-order valence-electron chi connectivity index (χ3n) is 1.45. The van der Waals surface area contributed by atoms with Crippen LogP contribution in [0.5, 0.6) is 0 Å². The highest BCUT2D eigenvalue weighted by Gasteiger charge is 2.12. The summed E-state index contributed by atoms with van der Waals surface area (Å²) in [6.45, 7) is 1.99. The number of hydrogen-bond donors (Lipinski definition) is 1. The van der Waals surface area contributed by atoms with Crippen molar-refractivity contribution in [3.8, 4) is 0 Å². The van der Waals surface area contributed by atoms with Gasteiger partial charge in [-0.15, -0.1) is 0 Å². The van der Waals surface area contributed by atoms with Crippen LogP contribution in [0.25, 0.3) is 0 Å². The molecule has 0 aromatic carbocycles. The van der Waals surface area contributed by atoms with Crippen LogP contribution in [0, 0.1) is 0 Å². The largest absolute Gasteiger partial charge is 0.392 e. The Kier molecular flexibility index (Phi) is 7.23. The predicted molar refractivity (Wildman–Crippen MR) is 52.0 cm³/mol. The van der Waals surface area contributed by atoms with Crippen LogP contribution in [0.4, 0.5) is 0 Å². The Bertz CT molecular complexity index is 78.0. The maximum atomic E-state index is 9.29. The molecule has 0 aliphatic carbocycles. The van der Waals surface area contributed by atoms with Crippen molar-refractivity contribution in [3.63, 3.8) is 0 Å². The summed E-state index contributed by atoms with van der Waals surface area (Å²) in [7, 11) is 0. The van der Waals surface area contributed by atoms with E-state index in [4.69, 9.17) is 0 Å². The fourth-order valence-electron chi connectivity index (χ4n) is 0.720. The van der Waals surface area contributed by atoms with Crippen LogP contribution in [0.1, 0.15) is 26.2 Å². The van der Waals surface area contributed by atoms with Crippen molar-refractivity contribution in [1.29, 1.82) is 0 Å². The van der Waals surface area contributed by atoms with Crippen LogP contribution in [0.15, 0.2) is 0 Å². The lowest BCUT2D eigenvalue weighted by atomic mass is 10.1. The van der Waals surface area contributed by atoms with Gasteiger partial charge in [0.05, 0.1) is 6.10 Å². The topological polar surface area (TPSA) is 20.2 Å². The minimum absolute atomic E-state index is 0.181. The molecular formula is C7H14Br2O. The van der Waals surface area contributed by atoms with Crippen molar-refractivity contribution >= 4 is 31.9 Å². The van der Waals surface area contributed by atoms with Crippen molar-refractivity contribution in [1.82, 2.24) is 0 Å². The van der Waals surface area contributed by atoms with Crippen molar-refractivity contribution in [2.45, 2.75) is 37.1 Å². The van der Waals surface area contributed by atoms with Crippen molar-refractivity contribution in [2.75, 3.05) is 5.33 Å². The Balaban J connectivity index is 3.31. The summed E-state index contributed by atoms with van der Waals surface area (Å²) in [6, 6.07) is 0. The Morgan fingerprint density at radius 2 is 2.10 bits per heavy atom. The van der Waals surface area contributed by atoms with Crippen LogP contribution >= 0.6 is 31.9 Å². The van der Waals surface area contributed by atoms with E-state index in [1.165, 1.54) is 0 Å². The second-order valence-corrected chi connectivity index (χ2v) is 4.29. The van der Waals surface area contributed by atoms with E-state index < -0.39 is 0 Å². The van der Waals surface area contributed by atoms with Gasteiger partial charge in [0.2, 0.25) is 0 Å². The molecule has 3 heteroatoms. The molecule has 62 valence electrons. The van der Waals surface area contributed by atoms with Crippen LogP contribution in [0.3, 0.4) is 0 Å². The number of hydrogen-bond acceptors (Lipinski definition) is 1. The molecule has 1 N–H and O–H groups in total. The number of halogens is 2. The van der Waals surface area contributed by atoms with Gasteiger partial charge in [-0.25, -0.2) is 0 Å². The second kappa shape index (κ2) is 6.62. The lowest BCUT2D eigenvalue weighted by molar-refractivity contribution is 0.166. The van der Waals surface area contributed by atoms with E-state index in [2.05, 4.69) is 31.9 Å². The first-order chi connectivity index (χ1) is 4.72. The summed E-state index contributed by atoms with van der Waals surface area (Å²) in [5.74, 6) is 0. The fraction of sp³-hybridized carbons (Fsp3) is 1.00. The maximum Gasteiger partial charge on any atom is 0.0662 e. The molecule has 0 bridgehead atoms. The first-order valence-electron chi connectivity index (χ1n) is 3.60. The van der Waals surface area contributed by atoms with Crippen molar-refractivity contribution in [2.24, 2.45) is 0 Å². The van der Waals surface area contributed by atoms with E-state index in [0.717, 1.165) is 24.6 Å². The van der Waals surface area contributed by atoms with Crippen LogP contribution < -0.4 is 0 Å². The second-order valence-electron chi connectivity index (χ2n) is 2.32. The Morgan fingerprint density at radius 3 is 2.50 bits per heavy atom. The summed E-state index contributed by atoms with van der Waals surface area (Å²) in [5, 5.41) is 10.3. The molecule has 2 unspecified atom stereocenters. The Morgan fingerprint density at radius 1 is 1.50 bits per heavy atom. The van der Waals surface area contributed by atoms with Gasteiger partial charge in [0.25, 0.3) is 0 Å². The Hall–Kier alpha value is 0.920. The smallest absolute Gasteiger partial charge is 0.0662 e. The predicted octanol–water partition coefficient (Wildman–Crippen LogP) is 2.70. The lowest BCUT2D eigenvalue weighted by Gasteiger charge is -2.13. The van der Waals surface area contributed by atoms with Gasteiger partial charge in [0, 0.05) is 10.2 Å². The molecule has 2 atom stereocenters. The SMILES string of the molecule is CCC(O)C(Br)CCCBr. The molecule has 0 radical (unpaired) electrons. The minimum atomic E-state index is -0.181. The van der Waals surface area contributed by atoms with Gasteiger partial charge in [-0.2, -0.15) is 0 Å². The number of alkyl halides is 2. The highest BCUT2D eigenvalue weighted by molar-refractivity contribution is 9.09. The standard InChI is InChI=1S/C7H14Br2O/c1-2-7(10)6(9)4-3-5-8/h6-7,10H,2-5H2,1H3. The van der Waals surface area contributed by atoms with E-state index in [0.29, 0.717) is 0 Å². The molecule has 0 saturated heterocycles. The van der Waals surface area contributed by atoms with Crippen LogP contribution in [-0.4, -0.2) is 21.4 Å². The summed E-state index contributed by atoms with van der Waals surface area (Å²) in [6.07, 6.45) is 2.81. The minimum Gasteiger partial charge on any atom is -0.392 e. The highest BCUT2D eigenvalue weighted by atomic mass is 79.9. The van der Waals surface area contributed by atoms with Gasteiger partial charge in [-0.05, 0) is 19.3 Å². The van der Waals surface area contributed by atoms with Crippen molar-refractivity contribution < 1.29 is 5.11 Å². The molecule has 10 heavy (non-hydrogen) atoms. The number of aliphatic hydroxyl groups excluding tert-OH is 1. The average molecular weight is 274 g/mol. The number of rotatable bonds is 5. The molecule has 0 rings (SSSR count). The molecule has 0 spiro atoms. The average Bonchev–Trinajstić information content (AvgIpc) is 1.98. The van der Waals surface area contributed by atoms with E-state index in [1.54, 1.807) is 0 Å². The summed E-state index contributed by atoms with van der Waals surface area (Å²) >= 11 is 6.78. The summed E-state index contributed by atoms with van der Waals surface area (Å²) in [5.41, 5.74) is 0. The zero-order valence-corrected chi connectivity index (χ0v) is 9.36. The third-order valence-corrected chi connectivity index (χ3v) is 3.08. The van der Waals surface area contributed by atoms with Crippen LogP contribution in [-0.2, 0) is 0 Å². The molecular weight excluding hydrogens is 260 g/mol. The zero-order chi connectivity index (χ0) is 7.98. The lowest BCUT2D eigenvalue weighted by Crippen LogP contribution is -2.18. The van der Waals surface area contributed by atoms with Crippen molar-refractivity contribution in [3.05, 3.63) is 0 Å². The molecule has 0 aromatic heterocycles. The fourth-order valence-corrected chi connectivity index (χ4v) is 1.74. The molecule has 0 aromatic rings. The number of aliphatic hydroxyl groups is 1.